The Labute approximate surface area is 113 Å². The second-order valence-electron chi connectivity index (χ2n) is 4.36. The number of rotatable bonds is 2. The Hall–Kier alpha value is -1.43. The third kappa shape index (κ3) is 2.87. The van der Waals surface area contributed by atoms with Crippen LogP contribution in [0, 0.1) is 5.92 Å². The summed E-state index contributed by atoms with van der Waals surface area (Å²) in [4.78, 5) is 28.9. The molecule has 1 fully saturated rings. The van der Waals surface area contributed by atoms with Gasteiger partial charge in [-0.15, -0.1) is 0 Å². The number of nitrogens with two attached hydrogens (primary N) is 1. The molecule has 1 aliphatic rings. The molecule has 6 heteroatoms. The molecule has 1 saturated heterocycles. The summed E-state index contributed by atoms with van der Waals surface area (Å²) in [5.41, 5.74) is 5.82. The minimum Gasteiger partial charge on any atom is -0.369 e. The van der Waals surface area contributed by atoms with Gasteiger partial charge >= 0.3 is 0 Å². The van der Waals surface area contributed by atoms with Gasteiger partial charge in [-0.3, -0.25) is 14.6 Å². The Morgan fingerprint density at radius 2 is 2.00 bits per heavy atom. The van der Waals surface area contributed by atoms with Crippen LogP contribution in [-0.4, -0.2) is 34.8 Å². The molecule has 0 unspecified atom stereocenters. The van der Waals surface area contributed by atoms with E-state index in [2.05, 4.69) is 20.9 Å². The normalized spacial score (nSPS) is 16.6. The van der Waals surface area contributed by atoms with E-state index >= 15 is 0 Å². The second kappa shape index (κ2) is 5.48. The van der Waals surface area contributed by atoms with Crippen LogP contribution in [0.2, 0.25) is 0 Å². The van der Waals surface area contributed by atoms with E-state index in [9.17, 15) is 9.59 Å². The lowest BCUT2D eigenvalue weighted by Gasteiger charge is -2.30. The number of pyridine rings is 1. The lowest BCUT2D eigenvalue weighted by Crippen LogP contribution is -2.41. The minimum atomic E-state index is -0.272. The van der Waals surface area contributed by atoms with Gasteiger partial charge in [-0.1, -0.05) is 0 Å². The molecule has 96 valence electrons. The number of piperidine rings is 1. The van der Waals surface area contributed by atoms with Gasteiger partial charge in [0.25, 0.3) is 5.91 Å². The molecular formula is C12H14BrN3O2. The zero-order valence-corrected chi connectivity index (χ0v) is 11.4. The van der Waals surface area contributed by atoms with Crippen molar-refractivity contribution >= 4 is 27.7 Å². The molecule has 5 nitrogen and oxygen atoms in total. The van der Waals surface area contributed by atoms with Crippen molar-refractivity contribution in [1.82, 2.24) is 9.88 Å². The van der Waals surface area contributed by atoms with Gasteiger partial charge in [-0.05, 0) is 34.8 Å². The van der Waals surface area contributed by atoms with E-state index in [-0.39, 0.29) is 17.7 Å². The standard InChI is InChI=1S/C12H14BrN3O2/c13-10-5-9(6-15-7-10)12(18)16-3-1-8(2-4-16)11(14)17/h5-8H,1-4H2,(H2,14,17). The van der Waals surface area contributed by atoms with Crippen molar-refractivity contribution in [2.24, 2.45) is 11.7 Å². The highest BCUT2D eigenvalue weighted by Gasteiger charge is 2.26. The largest absolute Gasteiger partial charge is 0.369 e. The summed E-state index contributed by atoms with van der Waals surface area (Å²) in [5.74, 6) is -0.423. The summed E-state index contributed by atoms with van der Waals surface area (Å²) >= 11 is 3.29. The molecule has 1 aromatic rings. The van der Waals surface area contributed by atoms with Gasteiger partial charge in [0.1, 0.15) is 0 Å². The van der Waals surface area contributed by atoms with Crippen molar-refractivity contribution in [2.75, 3.05) is 13.1 Å². The molecule has 0 spiro atoms. The number of carbonyl (C=O) groups excluding carboxylic acids is 2. The molecule has 0 aromatic carbocycles. The lowest BCUT2D eigenvalue weighted by atomic mass is 9.96. The van der Waals surface area contributed by atoms with Crippen molar-refractivity contribution in [2.45, 2.75) is 12.8 Å². The summed E-state index contributed by atoms with van der Waals surface area (Å²) in [6.07, 6.45) is 4.47. The molecule has 0 bridgehead atoms. The van der Waals surface area contributed by atoms with Crippen LogP contribution in [-0.2, 0) is 4.79 Å². The van der Waals surface area contributed by atoms with Crippen molar-refractivity contribution in [3.63, 3.8) is 0 Å². The van der Waals surface area contributed by atoms with Crippen LogP contribution in [0.15, 0.2) is 22.9 Å². The highest BCUT2D eigenvalue weighted by Crippen LogP contribution is 2.19. The molecular weight excluding hydrogens is 298 g/mol. The monoisotopic (exact) mass is 311 g/mol. The zero-order chi connectivity index (χ0) is 13.1. The number of primary amides is 1. The minimum absolute atomic E-state index is 0.0493. The summed E-state index contributed by atoms with van der Waals surface area (Å²) in [6, 6.07) is 1.75. The molecule has 2 rings (SSSR count). The number of carbonyl (C=O) groups is 2. The van der Waals surface area contributed by atoms with E-state index in [1.807, 2.05) is 0 Å². The number of aromatic nitrogens is 1. The first-order chi connectivity index (χ1) is 8.58. The molecule has 0 atom stereocenters. The Morgan fingerprint density at radius 1 is 1.33 bits per heavy atom. The highest BCUT2D eigenvalue weighted by molar-refractivity contribution is 9.10. The lowest BCUT2D eigenvalue weighted by molar-refractivity contribution is -0.123. The SMILES string of the molecule is NC(=O)C1CCN(C(=O)c2cncc(Br)c2)CC1. The van der Waals surface area contributed by atoms with Crippen LogP contribution in [0.3, 0.4) is 0 Å². The fourth-order valence-corrected chi connectivity index (χ4v) is 2.44. The highest BCUT2D eigenvalue weighted by atomic mass is 79.9. The van der Waals surface area contributed by atoms with E-state index in [1.165, 1.54) is 0 Å². The summed E-state index contributed by atoms with van der Waals surface area (Å²) in [7, 11) is 0. The van der Waals surface area contributed by atoms with Crippen LogP contribution in [0.1, 0.15) is 23.2 Å². The van der Waals surface area contributed by atoms with Gasteiger partial charge in [0.2, 0.25) is 5.91 Å². The number of hydrogen-bond acceptors (Lipinski definition) is 3. The summed E-state index contributed by atoms with van der Waals surface area (Å²) < 4.78 is 0.778. The van der Waals surface area contributed by atoms with Crippen LogP contribution < -0.4 is 5.73 Å². The van der Waals surface area contributed by atoms with Gasteiger partial charge in [0, 0.05) is 35.9 Å². The van der Waals surface area contributed by atoms with E-state index in [4.69, 9.17) is 5.73 Å². The first-order valence-electron chi connectivity index (χ1n) is 5.77. The molecule has 1 aliphatic heterocycles. The van der Waals surface area contributed by atoms with Gasteiger partial charge in [0.05, 0.1) is 5.56 Å². The van der Waals surface area contributed by atoms with Crippen molar-refractivity contribution in [3.8, 4) is 0 Å². The fourth-order valence-electron chi connectivity index (χ4n) is 2.08. The van der Waals surface area contributed by atoms with Crippen LogP contribution >= 0.6 is 15.9 Å². The number of halogens is 1. The number of likely N-dealkylation sites (tertiary alicyclic amines) is 1. The number of hydrogen-bond donors (Lipinski definition) is 1. The van der Waals surface area contributed by atoms with E-state index in [0.29, 0.717) is 31.5 Å². The van der Waals surface area contributed by atoms with E-state index in [0.717, 1.165) is 4.47 Å². The molecule has 0 aliphatic carbocycles. The van der Waals surface area contributed by atoms with Crippen LogP contribution in [0.5, 0.6) is 0 Å². The van der Waals surface area contributed by atoms with Crippen LogP contribution in [0.25, 0.3) is 0 Å². The molecule has 0 radical (unpaired) electrons. The third-order valence-electron chi connectivity index (χ3n) is 3.14. The molecule has 18 heavy (non-hydrogen) atoms. The maximum Gasteiger partial charge on any atom is 0.255 e. The smallest absolute Gasteiger partial charge is 0.255 e. The quantitative estimate of drug-likeness (QED) is 0.891. The number of nitrogens with zero attached hydrogens (tertiary/aromatic N) is 2. The molecule has 2 amide bonds. The second-order valence-corrected chi connectivity index (χ2v) is 5.28. The molecule has 0 saturated carbocycles. The maximum atomic E-state index is 12.2. The van der Waals surface area contributed by atoms with Gasteiger partial charge in [-0.25, -0.2) is 0 Å². The predicted molar refractivity (Wildman–Crippen MR) is 69.8 cm³/mol. The molecule has 2 N–H and O–H groups in total. The third-order valence-corrected chi connectivity index (χ3v) is 3.57. The fraction of sp³-hybridized carbons (Fsp3) is 0.417. The predicted octanol–water partition coefficient (Wildman–Crippen LogP) is 1.18. The van der Waals surface area contributed by atoms with Crippen molar-refractivity contribution in [1.29, 1.82) is 0 Å². The number of amides is 2. The van der Waals surface area contributed by atoms with Gasteiger partial charge in [0.15, 0.2) is 0 Å². The summed E-state index contributed by atoms with van der Waals surface area (Å²) in [6.45, 7) is 1.14. The van der Waals surface area contributed by atoms with E-state index in [1.54, 1.807) is 23.4 Å². The Balaban J connectivity index is 2.02. The maximum absolute atomic E-state index is 12.2. The van der Waals surface area contributed by atoms with Crippen molar-refractivity contribution < 1.29 is 9.59 Å². The van der Waals surface area contributed by atoms with E-state index < -0.39 is 0 Å². The Morgan fingerprint density at radius 3 is 2.56 bits per heavy atom. The zero-order valence-electron chi connectivity index (χ0n) is 9.80. The first-order valence-corrected chi connectivity index (χ1v) is 6.56. The Kier molecular flexibility index (Phi) is 3.96. The van der Waals surface area contributed by atoms with Gasteiger partial charge < -0.3 is 10.6 Å². The first kappa shape index (κ1) is 13.0. The van der Waals surface area contributed by atoms with Gasteiger partial charge in [-0.2, -0.15) is 0 Å². The summed E-state index contributed by atoms with van der Waals surface area (Å²) in [5, 5.41) is 0. The van der Waals surface area contributed by atoms with Crippen molar-refractivity contribution in [3.05, 3.63) is 28.5 Å². The molecule has 1 aromatic heterocycles. The topological polar surface area (TPSA) is 76.3 Å². The average molecular weight is 312 g/mol. The average Bonchev–Trinajstić information content (AvgIpc) is 2.38. The Bertz CT molecular complexity index is 470. The van der Waals surface area contributed by atoms with Crippen LogP contribution in [0.4, 0.5) is 0 Å². The molecule has 2 heterocycles.